The van der Waals surface area contributed by atoms with Crippen LogP contribution in [0.3, 0.4) is 0 Å². The van der Waals surface area contributed by atoms with Crippen molar-refractivity contribution in [3.05, 3.63) is 42.1 Å². The highest BCUT2D eigenvalue weighted by atomic mass is 16.2. The fraction of sp³-hybridized carbons (Fsp3) is 0.286. The topological polar surface area (TPSA) is 34.9 Å². The number of nitrogens with zero attached hydrogens (tertiary/aromatic N) is 2. The number of aromatic nitrogens is 2. The predicted octanol–water partition coefficient (Wildman–Crippen LogP) is 3.33. The molecule has 0 bridgehead atoms. The quantitative estimate of drug-likeness (QED) is 0.790. The second-order valence-corrected chi connectivity index (χ2v) is 4.41. The lowest BCUT2D eigenvalue weighted by molar-refractivity contribution is 0.0923. The summed E-state index contributed by atoms with van der Waals surface area (Å²) in [6.07, 6.45) is 0. The summed E-state index contributed by atoms with van der Waals surface area (Å²) >= 11 is 0. The van der Waals surface area contributed by atoms with Gasteiger partial charge in [-0.1, -0.05) is 44.2 Å². The Morgan fingerprint density at radius 2 is 1.88 bits per heavy atom. The SMILES string of the molecule is CC(=O)n1nc(C(C)C)cc1-c1ccccc1. The Morgan fingerprint density at radius 3 is 2.41 bits per heavy atom. The maximum atomic E-state index is 11.6. The van der Waals surface area contributed by atoms with Gasteiger partial charge >= 0.3 is 0 Å². The molecule has 2 rings (SSSR count). The first-order valence-electron chi connectivity index (χ1n) is 5.76. The van der Waals surface area contributed by atoms with E-state index in [4.69, 9.17) is 0 Å². The van der Waals surface area contributed by atoms with E-state index in [2.05, 4.69) is 18.9 Å². The van der Waals surface area contributed by atoms with E-state index in [9.17, 15) is 4.79 Å². The number of benzene rings is 1. The summed E-state index contributed by atoms with van der Waals surface area (Å²) in [6.45, 7) is 5.67. The molecule has 0 atom stereocenters. The van der Waals surface area contributed by atoms with Gasteiger partial charge in [-0.25, -0.2) is 4.68 Å². The fourth-order valence-electron chi connectivity index (χ4n) is 1.74. The molecule has 2 aromatic rings. The van der Waals surface area contributed by atoms with E-state index in [0.717, 1.165) is 17.0 Å². The van der Waals surface area contributed by atoms with Crippen LogP contribution in [0, 0.1) is 0 Å². The highest BCUT2D eigenvalue weighted by molar-refractivity contribution is 5.81. The van der Waals surface area contributed by atoms with E-state index < -0.39 is 0 Å². The Hall–Kier alpha value is -1.90. The Labute approximate surface area is 101 Å². The number of hydrogen-bond donors (Lipinski definition) is 0. The van der Waals surface area contributed by atoms with Crippen LogP contribution in [0.4, 0.5) is 0 Å². The number of rotatable bonds is 2. The van der Waals surface area contributed by atoms with Crippen molar-refractivity contribution >= 4 is 5.91 Å². The molecule has 1 aromatic carbocycles. The van der Waals surface area contributed by atoms with E-state index in [1.54, 1.807) is 0 Å². The standard InChI is InChI=1S/C14H16N2O/c1-10(2)13-9-14(16(15-13)11(3)17)12-7-5-4-6-8-12/h4-10H,1-3H3. The first kappa shape index (κ1) is 11.6. The van der Waals surface area contributed by atoms with Crippen LogP contribution in [-0.4, -0.2) is 15.7 Å². The predicted molar refractivity (Wildman–Crippen MR) is 68.1 cm³/mol. The van der Waals surface area contributed by atoms with Gasteiger partial charge in [0, 0.05) is 12.5 Å². The third-order valence-electron chi connectivity index (χ3n) is 2.69. The smallest absolute Gasteiger partial charge is 0.244 e. The number of carbonyl (C=O) groups is 1. The van der Waals surface area contributed by atoms with Gasteiger partial charge in [0.05, 0.1) is 11.4 Å². The second-order valence-electron chi connectivity index (χ2n) is 4.41. The molecule has 0 saturated heterocycles. The van der Waals surface area contributed by atoms with E-state index in [0.29, 0.717) is 5.92 Å². The molecule has 88 valence electrons. The molecule has 0 spiro atoms. The van der Waals surface area contributed by atoms with Crippen molar-refractivity contribution in [2.45, 2.75) is 26.7 Å². The lowest BCUT2D eigenvalue weighted by Gasteiger charge is -2.02. The molecule has 0 amide bonds. The van der Waals surface area contributed by atoms with Gasteiger partial charge in [-0.05, 0) is 12.0 Å². The highest BCUT2D eigenvalue weighted by Crippen LogP contribution is 2.23. The van der Waals surface area contributed by atoms with Gasteiger partial charge in [-0.3, -0.25) is 4.79 Å². The van der Waals surface area contributed by atoms with Crippen molar-refractivity contribution in [3.8, 4) is 11.3 Å². The minimum Gasteiger partial charge on any atom is -0.273 e. The van der Waals surface area contributed by atoms with Gasteiger partial charge in [0.1, 0.15) is 0 Å². The first-order chi connectivity index (χ1) is 8.09. The van der Waals surface area contributed by atoms with E-state index in [1.165, 1.54) is 11.6 Å². The van der Waals surface area contributed by atoms with Crippen molar-refractivity contribution in [3.63, 3.8) is 0 Å². The molecule has 0 fully saturated rings. The average molecular weight is 228 g/mol. The maximum absolute atomic E-state index is 11.6. The van der Waals surface area contributed by atoms with Crippen LogP contribution in [0.2, 0.25) is 0 Å². The molecule has 0 aliphatic carbocycles. The zero-order chi connectivity index (χ0) is 12.4. The molecular formula is C14H16N2O. The summed E-state index contributed by atoms with van der Waals surface area (Å²) in [4.78, 5) is 11.6. The summed E-state index contributed by atoms with van der Waals surface area (Å²) in [5.74, 6) is 0.258. The summed E-state index contributed by atoms with van der Waals surface area (Å²) in [5, 5.41) is 4.35. The van der Waals surface area contributed by atoms with Crippen molar-refractivity contribution < 1.29 is 4.79 Å². The van der Waals surface area contributed by atoms with Crippen LogP contribution in [-0.2, 0) is 0 Å². The molecule has 0 radical (unpaired) electrons. The van der Waals surface area contributed by atoms with Gasteiger partial charge < -0.3 is 0 Å². The number of carbonyl (C=O) groups excluding carboxylic acids is 1. The monoisotopic (exact) mass is 228 g/mol. The molecule has 0 aliphatic rings. The van der Waals surface area contributed by atoms with E-state index >= 15 is 0 Å². The van der Waals surface area contributed by atoms with Gasteiger partial charge in [0.2, 0.25) is 5.91 Å². The van der Waals surface area contributed by atoms with Crippen LogP contribution in [0.1, 0.15) is 37.2 Å². The zero-order valence-corrected chi connectivity index (χ0v) is 10.3. The van der Waals surface area contributed by atoms with Crippen LogP contribution < -0.4 is 0 Å². The van der Waals surface area contributed by atoms with Crippen LogP contribution >= 0.6 is 0 Å². The largest absolute Gasteiger partial charge is 0.273 e. The lowest BCUT2D eigenvalue weighted by atomic mass is 10.1. The third-order valence-corrected chi connectivity index (χ3v) is 2.69. The summed E-state index contributed by atoms with van der Waals surface area (Å²) in [7, 11) is 0. The molecule has 3 nitrogen and oxygen atoms in total. The Morgan fingerprint density at radius 1 is 1.24 bits per heavy atom. The zero-order valence-electron chi connectivity index (χ0n) is 10.3. The average Bonchev–Trinajstić information content (AvgIpc) is 2.75. The van der Waals surface area contributed by atoms with Crippen molar-refractivity contribution in [1.29, 1.82) is 0 Å². The maximum Gasteiger partial charge on any atom is 0.244 e. The Kier molecular flexibility index (Phi) is 3.09. The normalized spacial score (nSPS) is 10.8. The van der Waals surface area contributed by atoms with Gasteiger partial charge in [0.25, 0.3) is 0 Å². The fourth-order valence-corrected chi connectivity index (χ4v) is 1.74. The van der Waals surface area contributed by atoms with Gasteiger partial charge in [-0.2, -0.15) is 5.10 Å². The van der Waals surface area contributed by atoms with E-state index in [-0.39, 0.29) is 5.91 Å². The molecule has 0 aliphatic heterocycles. The molecule has 0 saturated carbocycles. The molecule has 0 unspecified atom stereocenters. The van der Waals surface area contributed by atoms with Crippen LogP contribution in [0.15, 0.2) is 36.4 Å². The molecule has 0 N–H and O–H groups in total. The molecule has 17 heavy (non-hydrogen) atoms. The highest BCUT2D eigenvalue weighted by Gasteiger charge is 2.14. The second kappa shape index (κ2) is 4.53. The summed E-state index contributed by atoms with van der Waals surface area (Å²) < 4.78 is 1.48. The molecule has 3 heteroatoms. The molecule has 1 aromatic heterocycles. The van der Waals surface area contributed by atoms with Crippen LogP contribution in [0.25, 0.3) is 11.3 Å². The van der Waals surface area contributed by atoms with Crippen molar-refractivity contribution in [2.24, 2.45) is 0 Å². The third kappa shape index (κ3) is 2.28. The van der Waals surface area contributed by atoms with Gasteiger partial charge in [0.15, 0.2) is 0 Å². The van der Waals surface area contributed by atoms with Crippen molar-refractivity contribution in [2.75, 3.05) is 0 Å². The minimum atomic E-state index is -0.0595. The molecular weight excluding hydrogens is 212 g/mol. The lowest BCUT2D eigenvalue weighted by Crippen LogP contribution is -2.09. The number of hydrogen-bond acceptors (Lipinski definition) is 2. The first-order valence-corrected chi connectivity index (χ1v) is 5.76. The molecule has 1 heterocycles. The Bertz CT molecular complexity index is 526. The minimum absolute atomic E-state index is 0.0595. The summed E-state index contributed by atoms with van der Waals surface area (Å²) in [5.41, 5.74) is 2.82. The van der Waals surface area contributed by atoms with Gasteiger partial charge in [-0.15, -0.1) is 0 Å². The Balaban J connectivity index is 2.56. The van der Waals surface area contributed by atoms with E-state index in [1.807, 2.05) is 36.4 Å². The summed E-state index contributed by atoms with van der Waals surface area (Å²) in [6, 6.07) is 11.8. The van der Waals surface area contributed by atoms with Crippen molar-refractivity contribution in [1.82, 2.24) is 9.78 Å². The van der Waals surface area contributed by atoms with Crippen LogP contribution in [0.5, 0.6) is 0 Å².